The first-order valence-corrected chi connectivity index (χ1v) is 31.6. The van der Waals surface area contributed by atoms with Gasteiger partial charge in [0.1, 0.15) is 13.2 Å². The maximum Gasteiger partial charge on any atom is 0.310 e. The molecular formula is C73H114O6. The highest BCUT2D eigenvalue weighted by Gasteiger charge is 2.19. The van der Waals surface area contributed by atoms with Gasteiger partial charge in [-0.1, -0.05) is 274 Å². The zero-order chi connectivity index (χ0) is 57.1. The van der Waals surface area contributed by atoms with E-state index in [4.69, 9.17) is 14.2 Å². The Morgan fingerprint density at radius 1 is 0.266 bits per heavy atom. The van der Waals surface area contributed by atoms with E-state index in [1.165, 1.54) is 64.2 Å². The summed E-state index contributed by atoms with van der Waals surface area (Å²) in [7, 11) is 0. The molecule has 0 aromatic carbocycles. The predicted molar refractivity (Wildman–Crippen MR) is 343 cm³/mol. The average molecular weight is 1090 g/mol. The van der Waals surface area contributed by atoms with Crippen molar-refractivity contribution in [3.05, 3.63) is 170 Å². The first-order chi connectivity index (χ1) is 39.0. The van der Waals surface area contributed by atoms with Crippen molar-refractivity contribution in [1.82, 2.24) is 0 Å². The lowest BCUT2D eigenvalue weighted by Gasteiger charge is -2.18. The Hall–Kier alpha value is -5.23. The first kappa shape index (κ1) is 73.8. The summed E-state index contributed by atoms with van der Waals surface area (Å²) < 4.78 is 16.8. The van der Waals surface area contributed by atoms with Crippen molar-refractivity contribution in [1.29, 1.82) is 0 Å². The van der Waals surface area contributed by atoms with Gasteiger partial charge in [-0.3, -0.25) is 14.4 Å². The number of carbonyl (C=O) groups excluding carboxylic acids is 3. The van der Waals surface area contributed by atoms with Crippen LogP contribution in [0.25, 0.3) is 0 Å². The van der Waals surface area contributed by atoms with Crippen molar-refractivity contribution in [3.63, 3.8) is 0 Å². The van der Waals surface area contributed by atoms with Crippen LogP contribution >= 0.6 is 0 Å². The summed E-state index contributed by atoms with van der Waals surface area (Å²) in [6.45, 7) is 6.19. The summed E-state index contributed by atoms with van der Waals surface area (Å²) in [6.07, 6.45) is 96.8. The SMILES string of the molecule is CC/C=C\C/C=C\C/C=C\C/C=C\C/C=C\C/C=C\CCCCCCCCCCCCCCC(=O)OCC(COC(=O)CCCCCCC/C=C\C/C=C\C/C=C\CC)OC(=O)C/C=C\C/C=C\C/C=C\C/C=C\C/C=C\CC. The van der Waals surface area contributed by atoms with Gasteiger partial charge in [0, 0.05) is 12.8 Å². The van der Waals surface area contributed by atoms with Gasteiger partial charge in [0.2, 0.25) is 0 Å². The molecular weight excluding hydrogens is 973 g/mol. The molecule has 0 bridgehead atoms. The number of carbonyl (C=O) groups is 3. The molecule has 0 amide bonds. The topological polar surface area (TPSA) is 78.9 Å². The van der Waals surface area contributed by atoms with Gasteiger partial charge in [-0.05, 0) is 128 Å². The molecule has 0 N–H and O–H groups in total. The molecule has 0 heterocycles. The molecule has 6 nitrogen and oxygen atoms in total. The first-order valence-electron chi connectivity index (χ1n) is 31.6. The maximum absolute atomic E-state index is 12.8. The van der Waals surface area contributed by atoms with Gasteiger partial charge in [0.25, 0.3) is 0 Å². The van der Waals surface area contributed by atoms with Crippen LogP contribution in [-0.2, 0) is 28.6 Å². The molecule has 0 aromatic rings. The molecule has 0 aromatic heterocycles. The molecule has 0 saturated heterocycles. The number of allylic oxidation sites excluding steroid dienone is 27. The summed E-state index contributed by atoms with van der Waals surface area (Å²) in [6, 6.07) is 0. The lowest BCUT2D eigenvalue weighted by molar-refractivity contribution is -0.166. The van der Waals surface area contributed by atoms with Crippen LogP contribution in [0.2, 0.25) is 0 Å². The Morgan fingerprint density at radius 3 is 0.772 bits per heavy atom. The zero-order valence-corrected chi connectivity index (χ0v) is 50.6. The second-order valence-electron chi connectivity index (χ2n) is 20.2. The van der Waals surface area contributed by atoms with Crippen LogP contribution in [0, 0.1) is 0 Å². The fourth-order valence-corrected chi connectivity index (χ4v) is 8.12. The summed E-state index contributed by atoms with van der Waals surface area (Å²) in [5, 5.41) is 0. The van der Waals surface area contributed by atoms with Gasteiger partial charge in [-0.25, -0.2) is 0 Å². The van der Waals surface area contributed by atoms with E-state index in [9.17, 15) is 14.4 Å². The Kier molecular flexibility index (Phi) is 61.0. The molecule has 442 valence electrons. The smallest absolute Gasteiger partial charge is 0.310 e. The second kappa shape index (κ2) is 65.3. The van der Waals surface area contributed by atoms with E-state index < -0.39 is 12.1 Å². The highest BCUT2D eigenvalue weighted by molar-refractivity contribution is 5.72. The van der Waals surface area contributed by atoms with Crippen LogP contribution in [0.4, 0.5) is 0 Å². The van der Waals surface area contributed by atoms with Crippen molar-refractivity contribution < 1.29 is 28.6 Å². The molecule has 6 heteroatoms. The Labute approximate surface area is 485 Å². The van der Waals surface area contributed by atoms with Crippen LogP contribution in [0.3, 0.4) is 0 Å². The van der Waals surface area contributed by atoms with Gasteiger partial charge in [0.05, 0.1) is 6.42 Å². The Morgan fingerprint density at radius 2 is 0.494 bits per heavy atom. The molecule has 0 fully saturated rings. The minimum atomic E-state index is -0.849. The van der Waals surface area contributed by atoms with E-state index >= 15 is 0 Å². The van der Waals surface area contributed by atoms with Gasteiger partial charge < -0.3 is 14.2 Å². The highest BCUT2D eigenvalue weighted by atomic mass is 16.6. The van der Waals surface area contributed by atoms with Crippen LogP contribution in [-0.4, -0.2) is 37.2 Å². The lowest BCUT2D eigenvalue weighted by Crippen LogP contribution is -2.30. The number of rotatable bonds is 55. The van der Waals surface area contributed by atoms with Gasteiger partial charge in [0.15, 0.2) is 6.10 Å². The van der Waals surface area contributed by atoms with E-state index in [-0.39, 0.29) is 31.6 Å². The minimum Gasteiger partial charge on any atom is -0.462 e. The number of unbranched alkanes of at least 4 members (excludes halogenated alkanes) is 17. The molecule has 0 radical (unpaired) electrons. The van der Waals surface area contributed by atoms with Crippen molar-refractivity contribution in [2.24, 2.45) is 0 Å². The monoisotopic (exact) mass is 1090 g/mol. The van der Waals surface area contributed by atoms with E-state index in [1.807, 2.05) is 6.08 Å². The third kappa shape index (κ3) is 63.5. The minimum absolute atomic E-state index is 0.0853. The predicted octanol–water partition coefficient (Wildman–Crippen LogP) is 21.9. The highest BCUT2D eigenvalue weighted by Crippen LogP contribution is 2.15. The second-order valence-corrected chi connectivity index (χ2v) is 20.2. The summed E-state index contributed by atoms with van der Waals surface area (Å²) >= 11 is 0. The van der Waals surface area contributed by atoms with E-state index in [1.54, 1.807) is 6.08 Å². The molecule has 0 aliphatic rings. The van der Waals surface area contributed by atoms with Gasteiger partial charge in [-0.2, -0.15) is 0 Å². The van der Waals surface area contributed by atoms with Crippen molar-refractivity contribution in [2.75, 3.05) is 13.2 Å². The van der Waals surface area contributed by atoms with Crippen molar-refractivity contribution >= 4 is 17.9 Å². The number of hydrogen-bond donors (Lipinski definition) is 0. The quantitative estimate of drug-likeness (QED) is 0.0261. The van der Waals surface area contributed by atoms with Crippen LogP contribution in [0.15, 0.2) is 170 Å². The third-order valence-corrected chi connectivity index (χ3v) is 12.7. The summed E-state index contributed by atoms with van der Waals surface area (Å²) in [5.41, 5.74) is 0. The molecule has 1 unspecified atom stereocenters. The Bertz CT molecular complexity index is 1820. The maximum atomic E-state index is 12.8. The van der Waals surface area contributed by atoms with Crippen molar-refractivity contribution in [3.8, 4) is 0 Å². The fraction of sp³-hybridized carbons (Fsp3) is 0.575. The molecule has 0 rings (SSSR count). The van der Waals surface area contributed by atoms with E-state index in [0.29, 0.717) is 19.3 Å². The lowest BCUT2D eigenvalue weighted by atomic mass is 10.0. The summed E-state index contributed by atoms with van der Waals surface area (Å²) in [5.74, 6) is -1.09. The molecule has 1 atom stereocenters. The van der Waals surface area contributed by atoms with Gasteiger partial charge >= 0.3 is 17.9 Å². The third-order valence-electron chi connectivity index (χ3n) is 12.7. The number of ether oxygens (including phenoxy) is 3. The van der Waals surface area contributed by atoms with E-state index in [2.05, 4.69) is 179 Å². The van der Waals surface area contributed by atoms with E-state index in [0.717, 1.165) is 141 Å². The largest absolute Gasteiger partial charge is 0.462 e. The number of hydrogen-bond acceptors (Lipinski definition) is 6. The molecule has 0 saturated carbocycles. The average Bonchev–Trinajstić information content (AvgIpc) is 3.45. The standard InChI is InChI=1S/C73H114O6/c1-4-7-10-13-16-19-22-25-28-29-30-31-32-33-34-35-36-37-38-39-40-41-42-43-46-48-51-54-57-60-63-66-72(75)78-69-70(79-73(76)67-64-61-58-55-52-49-45-27-24-21-18-15-12-9-6-3)68-77-71(74)65-62-59-56-53-50-47-44-26-23-20-17-14-11-8-5-2/h7-12,16-21,25-28,30-31,33-34,36-37,44-45,52,55,61,64,70H,4-6,13-15,22-24,29,32,35,38-43,46-51,53-54,56-60,62-63,65-69H2,1-3H3/b10-7-,11-8-,12-9-,19-16-,20-17-,21-18-,28-25-,31-30-,34-33-,37-36-,44-26-,45-27-,55-52-,64-61-. The van der Waals surface area contributed by atoms with Gasteiger partial charge in [-0.15, -0.1) is 0 Å². The molecule has 0 aliphatic heterocycles. The fourth-order valence-electron chi connectivity index (χ4n) is 8.12. The summed E-state index contributed by atoms with van der Waals surface area (Å²) in [4.78, 5) is 38.2. The molecule has 79 heavy (non-hydrogen) atoms. The molecule has 0 spiro atoms. The number of esters is 3. The zero-order valence-electron chi connectivity index (χ0n) is 50.6. The Balaban J connectivity index is 4.36. The van der Waals surface area contributed by atoms with Crippen LogP contribution in [0.5, 0.6) is 0 Å². The van der Waals surface area contributed by atoms with Crippen LogP contribution in [0.1, 0.15) is 252 Å². The molecule has 0 aliphatic carbocycles. The van der Waals surface area contributed by atoms with Crippen molar-refractivity contribution in [2.45, 2.75) is 258 Å². The van der Waals surface area contributed by atoms with Crippen LogP contribution < -0.4 is 0 Å². The normalized spacial score (nSPS) is 13.3.